The van der Waals surface area contributed by atoms with Gasteiger partial charge in [-0.15, -0.1) is 11.6 Å². The minimum Gasteiger partial charge on any atom is -0.351 e. The summed E-state index contributed by atoms with van der Waals surface area (Å²) in [4.78, 5) is 12.8. The van der Waals surface area contributed by atoms with Crippen LogP contribution in [-0.4, -0.2) is 49.3 Å². The Morgan fingerprint density at radius 1 is 1.60 bits per heavy atom. The number of likely N-dealkylation sites (N-methyl/N-ethyl adjacent to an activating group) is 1. The summed E-state index contributed by atoms with van der Waals surface area (Å²) in [7, 11) is 1.70. The van der Waals surface area contributed by atoms with Gasteiger partial charge in [0.05, 0.1) is 12.6 Å². The molecular weight excluding hydrogens is 218 g/mol. The second-order valence-electron chi connectivity index (χ2n) is 3.80. The Hall–Kier alpha value is -0.320. The molecule has 1 aliphatic heterocycles. The molecule has 0 aromatic carbocycles. The van der Waals surface area contributed by atoms with E-state index in [9.17, 15) is 4.79 Å². The van der Waals surface area contributed by atoms with E-state index in [0.29, 0.717) is 13.2 Å². The Morgan fingerprint density at radius 2 is 2.33 bits per heavy atom. The average molecular weight is 236 g/mol. The van der Waals surface area contributed by atoms with Crippen molar-refractivity contribution in [1.29, 1.82) is 0 Å². The summed E-state index contributed by atoms with van der Waals surface area (Å²) in [5.41, 5.74) is 0. The fourth-order valence-electron chi connectivity index (χ4n) is 1.48. The second-order valence-corrected chi connectivity index (χ2v) is 4.06. The van der Waals surface area contributed by atoms with Gasteiger partial charge in [-0.05, 0) is 19.8 Å². The molecule has 2 unspecified atom stereocenters. The van der Waals surface area contributed by atoms with Gasteiger partial charge in [-0.2, -0.15) is 0 Å². The smallest absolute Gasteiger partial charge is 0.237 e. The zero-order chi connectivity index (χ0) is 11.3. The van der Waals surface area contributed by atoms with Crippen LogP contribution in [0.2, 0.25) is 0 Å². The number of alkyl halides is 1. The number of rotatable bonds is 3. The molecule has 1 fully saturated rings. The van der Waals surface area contributed by atoms with Gasteiger partial charge >= 0.3 is 0 Å². The van der Waals surface area contributed by atoms with E-state index in [1.54, 1.807) is 7.05 Å². The first-order chi connectivity index (χ1) is 7.13. The Morgan fingerprint density at radius 3 is 3.00 bits per heavy atom. The van der Waals surface area contributed by atoms with Gasteiger partial charge in [0.2, 0.25) is 5.91 Å². The molecule has 0 bridgehead atoms. The summed E-state index contributed by atoms with van der Waals surface area (Å²) >= 11 is 5.45. The molecule has 88 valence electrons. The predicted octanol–water partition coefficient (Wildman–Crippen LogP) is 1.23. The van der Waals surface area contributed by atoms with Crippen molar-refractivity contribution in [2.45, 2.75) is 32.2 Å². The third kappa shape index (κ3) is 4.36. The van der Waals surface area contributed by atoms with Gasteiger partial charge in [-0.1, -0.05) is 0 Å². The number of nitrogens with zero attached hydrogens (tertiary/aromatic N) is 1. The normalized spacial score (nSPS) is 27.1. The first-order valence-corrected chi connectivity index (χ1v) is 5.74. The fraction of sp³-hybridized carbons (Fsp3) is 0.900. The molecule has 0 N–H and O–H groups in total. The Bertz CT molecular complexity index is 213. The van der Waals surface area contributed by atoms with E-state index in [2.05, 4.69) is 0 Å². The van der Waals surface area contributed by atoms with Crippen molar-refractivity contribution in [3.05, 3.63) is 0 Å². The quantitative estimate of drug-likeness (QED) is 0.691. The molecule has 0 saturated carbocycles. The summed E-state index contributed by atoms with van der Waals surface area (Å²) in [6.07, 6.45) is 1.88. The van der Waals surface area contributed by atoms with Crippen LogP contribution in [0, 0.1) is 0 Å². The van der Waals surface area contributed by atoms with Crippen LogP contribution in [0.25, 0.3) is 0 Å². The molecule has 0 spiro atoms. The molecule has 1 heterocycles. The topological polar surface area (TPSA) is 38.8 Å². The van der Waals surface area contributed by atoms with Crippen LogP contribution in [0.3, 0.4) is 0 Å². The number of halogens is 1. The van der Waals surface area contributed by atoms with E-state index >= 15 is 0 Å². The van der Waals surface area contributed by atoms with Crippen molar-refractivity contribution in [2.24, 2.45) is 0 Å². The van der Waals surface area contributed by atoms with Crippen LogP contribution in [-0.2, 0) is 14.3 Å². The number of carbonyl (C=O) groups is 1. The van der Waals surface area contributed by atoms with Gasteiger partial charge < -0.3 is 14.4 Å². The highest BCUT2D eigenvalue weighted by molar-refractivity contribution is 6.27. The number of hydrogen-bond acceptors (Lipinski definition) is 3. The monoisotopic (exact) mass is 235 g/mol. The molecule has 2 atom stereocenters. The molecule has 1 aliphatic rings. The predicted molar refractivity (Wildman–Crippen MR) is 57.9 cm³/mol. The Labute approximate surface area is 95.5 Å². The van der Waals surface area contributed by atoms with E-state index < -0.39 is 0 Å². The largest absolute Gasteiger partial charge is 0.351 e. The van der Waals surface area contributed by atoms with Crippen LogP contribution < -0.4 is 0 Å². The van der Waals surface area contributed by atoms with Crippen molar-refractivity contribution in [3.8, 4) is 0 Å². The molecule has 4 nitrogen and oxygen atoms in total. The lowest BCUT2D eigenvalue weighted by Gasteiger charge is -2.24. The molecular formula is C10H18ClNO3. The Kier molecular flexibility index (Phi) is 5.36. The van der Waals surface area contributed by atoms with Crippen molar-refractivity contribution in [3.63, 3.8) is 0 Å². The molecule has 15 heavy (non-hydrogen) atoms. The maximum atomic E-state index is 11.2. The molecule has 0 aliphatic carbocycles. The SMILES string of the molecule is CC1CCCOC(CN(C)C(=O)CCl)O1. The lowest BCUT2D eigenvalue weighted by atomic mass is 10.2. The van der Waals surface area contributed by atoms with Crippen LogP contribution in [0.4, 0.5) is 0 Å². The van der Waals surface area contributed by atoms with Gasteiger partial charge in [0.25, 0.3) is 0 Å². The summed E-state index contributed by atoms with van der Waals surface area (Å²) in [5, 5.41) is 0. The first-order valence-electron chi connectivity index (χ1n) is 5.20. The molecule has 0 radical (unpaired) electrons. The standard InChI is InChI=1S/C10H18ClNO3/c1-8-4-3-5-14-10(15-8)7-12(2)9(13)6-11/h8,10H,3-7H2,1-2H3. The highest BCUT2D eigenvalue weighted by atomic mass is 35.5. The third-order valence-corrected chi connectivity index (χ3v) is 2.63. The van der Waals surface area contributed by atoms with E-state index in [-0.39, 0.29) is 24.2 Å². The zero-order valence-corrected chi connectivity index (χ0v) is 10.00. The van der Waals surface area contributed by atoms with Gasteiger partial charge in [0.1, 0.15) is 5.88 Å². The molecule has 0 aromatic rings. The number of ether oxygens (including phenoxy) is 2. The zero-order valence-electron chi connectivity index (χ0n) is 9.24. The minimum atomic E-state index is -0.320. The third-order valence-electron chi connectivity index (χ3n) is 2.41. The first kappa shape index (κ1) is 12.7. The molecule has 1 amide bonds. The molecule has 1 saturated heterocycles. The maximum absolute atomic E-state index is 11.2. The van der Waals surface area contributed by atoms with E-state index in [1.165, 1.54) is 4.90 Å². The van der Waals surface area contributed by atoms with E-state index in [0.717, 1.165) is 12.8 Å². The average Bonchev–Trinajstić information content (AvgIpc) is 2.41. The maximum Gasteiger partial charge on any atom is 0.237 e. The molecule has 5 heteroatoms. The van der Waals surface area contributed by atoms with Crippen LogP contribution >= 0.6 is 11.6 Å². The van der Waals surface area contributed by atoms with Crippen molar-refractivity contribution in [1.82, 2.24) is 4.90 Å². The molecule has 1 rings (SSSR count). The summed E-state index contributed by atoms with van der Waals surface area (Å²) in [6.45, 7) is 3.15. The van der Waals surface area contributed by atoms with E-state index in [4.69, 9.17) is 21.1 Å². The minimum absolute atomic E-state index is 0.00122. The second kappa shape index (κ2) is 6.30. The summed E-state index contributed by atoms with van der Waals surface area (Å²) in [6, 6.07) is 0. The van der Waals surface area contributed by atoms with Crippen LogP contribution in [0.1, 0.15) is 19.8 Å². The van der Waals surface area contributed by atoms with Crippen molar-refractivity contribution in [2.75, 3.05) is 26.1 Å². The van der Waals surface area contributed by atoms with Crippen LogP contribution in [0.15, 0.2) is 0 Å². The lowest BCUT2D eigenvalue weighted by molar-refractivity contribution is -0.163. The highest BCUT2D eigenvalue weighted by Gasteiger charge is 2.21. The lowest BCUT2D eigenvalue weighted by Crippen LogP contribution is -2.38. The number of amides is 1. The summed E-state index contributed by atoms with van der Waals surface area (Å²) < 4.78 is 11.1. The highest BCUT2D eigenvalue weighted by Crippen LogP contribution is 2.13. The van der Waals surface area contributed by atoms with Gasteiger partial charge in [-0.3, -0.25) is 4.79 Å². The van der Waals surface area contributed by atoms with Crippen LogP contribution in [0.5, 0.6) is 0 Å². The fourth-order valence-corrected chi connectivity index (χ4v) is 1.68. The van der Waals surface area contributed by atoms with Gasteiger partial charge in [0.15, 0.2) is 6.29 Å². The van der Waals surface area contributed by atoms with Crippen molar-refractivity contribution >= 4 is 17.5 Å². The molecule has 0 aromatic heterocycles. The summed E-state index contributed by atoms with van der Waals surface area (Å²) in [5.74, 6) is -0.112. The van der Waals surface area contributed by atoms with Gasteiger partial charge in [0, 0.05) is 13.7 Å². The van der Waals surface area contributed by atoms with E-state index in [1.807, 2.05) is 6.92 Å². The Balaban J connectivity index is 2.38. The number of hydrogen-bond donors (Lipinski definition) is 0. The van der Waals surface area contributed by atoms with Gasteiger partial charge in [-0.25, -0.2) is 0 Å². The van der Waals surface area contributed by atoms with Crippen molar-refractivity contribution < 1.29 is 14.3 Å². The number of carbonyl (C=O) groups excluding carboxylic acids is 1.